The highest BCUT2D eigenvalue weighted by atomic mass is 32.2. The van der Waals surface area contributed by atoms with Crippen LogP contribution in [-0.2, 0) is 14.6 Å². The number of rotatable bonds is 5. The van der Waals surface area contributed by atoms with Crippen molar-refractivity contribution in [3.63, 3.8) is 0 Å². The first-order chi connectivity index (χ1) is 12.9. The second kappa shape index (κ2) is 7.75. The Morgan fingerprint density at radius 3 is 2.37 bits per heavy atom. The molecule has 0 aliphatic carbocycles. The molecule has 1 aliphatic rings. The first-order valence-electron chi connectivity index (χ1n) is 8.29. The van der Waals surface area contributed by atoms with Crippen LogP contribution in [0.3, 0.4) is 0 Å². The zero-order chi connectivity index (χ0) is 19.4. The number of methoxy groups -OCH3 is 1. The average molecular weight is 389 g/mol. The molecule has 2 heterocycles. The van der Waals surface area contributed by atoms with Gasteiger partial charge >= 0.3 is 5.97 Å². The number of benzene rings is 1. The summed E-state index contributed by atoms with van der Waals surface area (Å²) in [6, 6.07) is 9.60. The molecule has 0 saturated carbocycles. The number of nitrogens with one attached hydrogen (secondary N) is 2. The van der Waals surface area contributed by atoms with E-state index >= 15 is 0 Å². The molecule has 1 unspecified atom stereocenters. The van der Waals surface area contributed by atoms with Gasteiger partial charge in [-0.3, -0.25) is 4.79 Å². The smallest absolute Gasteiger partial charge is 0.337 e. The number of carbonyl (C=O) groups is 2. The summed E-state index contributed by atoms with van der Waals surface area (Å²) in [6.45, 7) is 0. The molecule has 142 valence electrons. The van der Waals surface area contributed by atoms with Crippen LogP contribution in [0.1, 0.15) is 27.1 Å². The van der Waals surface area contributed by atoms with Crippen LogP contribution in [-0.4, -0.2) is 49.9 Å². The highest BCUT2D eigenvalue weighted by Crippen LogP contribution is 2.17. The van der Waals surface area contributed by atoms with Crippen LogP contribution in [0.4, 0.5) is 11.5 Å². The lowest BCUT2D eigenvalue weighted by Gasteiger charge is -2.11. The molecule has 0 bridgehead atoms. The summed E-state index contributed by atoms with van der Waals surface area (Å²) in [6.07, 6.45) is 1.85. The van der Waals surface area contributed by atoms with E-state index in [0.29, 0.717) is 23.4 Å². The van der Waals surface area contributed by atoms with Crippen LogP contribution in [0.2, 0.25) is 0 Å². The Labute approximate surface area is 156 Å². The Bertz CT molecular complexity index is 940. The Balaban J connectivity index is 1.60. The molecule has 27 heavy (non-hydrogen) atoms. The van der Waals surface area contributed by atoms with Crippen molar-refractivity contribution in [1.82, 2.24) is 10.3 Å². The molecule has 2 aromatic rings. The monoisotopic (exact) mass is 389 g/mol. The molecular formula is C18H19N3O5S. The zero-order valence-corrected chi connectivity index (χ0v) is 15.5. The zero-order valence-electron chi connectivity index (χ0n) is 14.6. The number of esters is 1. The number of nitrogens with zero attached hydrogens (tertiary/aromatic N) is 1. The standard InChI is InChI=1S/C18H19N3O5S/c1-26-18(23)12-2-5-14(6-3-12)20-16-7-4-13(10-19-16)17(22)21-15-8-9-27(24,25)11-15/h2-7,10,15H,8-9,11H2,1H3,(H,19,20)(H,21,22). The molecule has 3 rings (SSSR count). The van der Waals surface area contributed by atoms with Crippen molar-refractivity contribution in [2.75, 3.05) is 23.9 Å². The van der Waals surface area contributed by atoms with Crippen molar-refractivity contribution in [3.05, 3.63) is 53.7 Å². The fourth-order valence-electron chi connectivity index (χ4n) is 2.74. The van der Waals surface area contributed by atoms with Crippen LogP contribution in [0.15, 0.2) is 42.6 Å². The Morgan fingerprint density at radius 1 is 1.11 bits per heavy atom. The summed E-state index contributed by atoms with van der Waals surface area (Å²) in [7, 11) is -1.72. The number of hydrogen-bond acceptors (Lipinski definition) is 7. The van der Waals surface area contributed by atoms with E-state index in [0.717, 1.165) is 5.69 Å². The summed E-state index contributed by atoms with van der Waals surface area (Å²) in [5, 5.41) is 5.78. The number of aromatic nitrogens is 1. The van der Waals surface area contributed by atoms with Crippen LogP contribution in [0, 0.1) is 0 Å². The predicted octanol–water partition coefficient (Wildman–Crippen LogP) is 1.53. The third kappa shape index (κ3) is 4.82. The van der Waals surface area contributed by atoms with Gasteiger partial charge in [-0.25, -0.2) is 18.2 Å². The minimum Gasteiger partial charge on any atom is -0.465 e. The lowest BCUT2D eigenvalue weighted by Crippen LogP contribution is -2.35. The van der Waals surface area contributed by atoms with Crippen molar-refractivity contribution in [1.29, 1.82) is 0 Å². The summed E-state index contributed by atoms with van der Waals surface area (Å²) in [5.41, 5.74) is 1.52. The number of amides is 1. The number of ether oxygens (including phenoxy) is 1. The van der Waals surface area contributed by atoms with Gasteiger partial charge in [0.25, 0.3) is 5.91 Å². The molecule has 0 spiro atoms. The van der Waals surface area contributed by atoms with Crippen molar-refractivity contribution < 1.29 is 22.7 Å². The maximum atomic E-state index is 12.2. The van der Waals surface area contributed by atoms with E-state index in [1.807, 2.05) is 0 Å². The number of anilines is 2. The molecule has 8 nitrogen and oxygen atoms in total. The molecule has 1 fully saturated rings. The molecule has 1 aromatic heterocycles. The van der Waals surface area contributed by atoms with Gasteiger partial charge in [-0.2, -0.15) is 0 Å². The average Bonchev–Trinajstić information content (AvgIpc) is 3.00. The number of sulfone groups is 1. The van der Waals surface area contributed by atoms with Gasteiger partial charge in [0.2, 0.25) is 0 Å². The van der Waals surface area contributed by atoms with E-state index in [2.05, 4.69) is 20.4 Å². The molecular weight excluding hydrogens is 370 g/mol. The number of hydrogen-bond donors (Lipinski definition) is 2. The highest BCUT2D eigenvalue weighted by Gasteiger charge is 2.29. The topological polar surface area (TPSA) is 114 Å². The van der Waals surface area contributed by atoms with Gasteiger partial charge in [-0.05, 0) is 42.8 Å². The largest absolute Gasteiger partial charge is 0.465 e. The van der Waals surface area contributed by atoms with Gasteiger partial charge in [-0.15, -0.1) is 0 Å². The van der Waals surface area contributed by atoms with Crippen LogP contribution in [0.5, 0.6) is 0 Å². The van der Waals surface area contributed by atoms with Gasteiger partial charge in [0.05, 0.1) is 29.7 Å². The molecule has 1 aromatic carbocycles. The molecule has 1 atom stereocenters. The third-order valence-corrected chi connectivity index (χ3v) is 5.94. The van der Waals surface area contributed by atoms with E-state index in [-0.39, 0.29) is 23.5 Å². The quantitative estimate of drug-likeness (QED) is 0.745. The maximum Gasteiger partial charge on any atom is 0.337 e. The minimum atomic E-state index is -3.04. The summed E-state index contributed by atoms with van der Waals surface area (Å²) in [5.74, 6) is -0.147. The third-order valence-electron chi connectivity index (χ3n) is 4.17. The van der Waals surface area contributed by atoms with Crippen LogP contribution in [0.25, 0.3) is 0 Å². The summed E-state index contributed by atoms with van der Waals surface area (Å²) < 4.78 is 27.6. The Morgan fingerprint density at radius 2 is 1.81 bits per heavy atom. The summed E-state index contributed by atoms with van der Waals surface area (Å²) >= 11 is 0. The number of carbonyl (C=O) groups excluding carboxylic acids is 2. The van der Waals surface area contributed by atoms with Crippen LogP contribution >= 0.6 is 0 Å². The van der Waals surface area contributed by atoms with Crippen molar-refractivity contribution in [2.45, 2.75) is 12.5 Å². The lowest BCUT2D eigenvalue weighted by molar-refractivity contribution is 0.0600. The maximum absolute atomic E-state index is 12.2. The van der Waals surface area contributed by atoms with Crippen molar-refractivity contribution in [3.8, 4) is 0 Å². The fraction of sp³-hybridized carbons (Fsp3) is 0.278. The molecule has 1 amide bonds. The van der Waals surface area contributed by atoms with Gasteiger partial charge < -0.3 is 15.4 Å². The predicted molar refractivity (Wildman–Crippen MR) is 99.8 cm³/mol. The SMILES string of the molecule is COC(=O)c1ccc(Nc2ccc(C(=O)NC3CCS(=O)(=O)C3)cn2)cc1. The lowest BCUT2D eigenvalue weighted by atomic mass is 10.2. The minimum absolute atomic E-state index is 0.0205. The van der Waals surface area contributed by atoms with E-state index in [9.17, 15) is 18.0 Å². The Kier molecular flexibility index (Phi) is 5.41. The number of pyridine rings is 1. The van der Waals surface area contributed by atoms with Crippen LogP contribution < -0.4 is 10.6 Å². The molecule has 9 heteroatoms. The van der Waals surface area contributed by atoms with E-state index in [1.165, 1.54) is 13.3 Å². The second-order valence-electron chi connectivity index (χ2n) is 6.20. The second-order valence-corrected chi connectivity index (χ2v) is 8.43. The highest BCUT2D eigenvalue weighted by molar-refractivity contribution is 7.91. The van der Waals surface area contributed by atoms with Crippen molar-refractivity contribution in [2.24, 2.45) is 0 Å². The van der Waals surface area contributed by atoms with Gasteiger partial charge in [0.15, 0.2) is 9.84 Å². The van der Waals surface area contributed by atoms with Gasteiger partial charge in [0.1, 0.15) is 5.82 Å². The Hall–Kier alpha value is -2.94. The first-order valence-corrected chi connectivity index (χ1v) is 10.1. The van der Waals surface area contributed by atoms with Gasteiger partial charge in [-0.1, -0.05) is 0 Å². The van der Waals surface area contributed by atoms with E-state index < -0.39 is 15.8 Å². The first kappa shape index (κ1) is 18.8. The van der Waals surface area contributed by atoms with E-state index in [4.69, 9.17) is 0 Å². The normalized spacial score (nSPS) is 17.9. The van der Waals surface area contributed by atoms with Gasteiger partial charge in [0, 0.05) is 17.9 Å². The molecule has 1 aliphatic heterocycles. The van der Waals surface area contributed by atoms with Crippen molar-refractivity contribution >= 4 is 33.2 Å². The fourth-order valence-corrected chi connectivity index (χ4v) is 4.41. The molecule has 2 N–H and O–H groups in total. The van der Waals surface area contributed by atoms with E-state index in [1.54, 1.807) is 36.4 Å². The summed E-state index contributed by atoms with van der Waals surface area (Å²) in [4.78, 5) is 27.8. The molecule has 0 radical (unpaired) electrons. The molecule has 1 saturated heterocycles.